The summed E-state index contributed by atoms with van der Waals surface area (Å²) in [5, 5.41) is 0. The number of benzene rings is 1. The maximum Gasteiger partial charge on any atom is 0.231 e. The largest absolute Gasteiger partial charge is 0.454 e. The van der Waals surface area contributed by atoms with E-state index < -0.39 is 0 Å². The topological polar surface area (TPSA) is 38.8 Å². The molecule has 0 aromatic heterocycles. The molecule has 94 valence electrons. The van der Waals surface area contributed by atoms with Crippen LogP contribution < -0.4 is 9.47 Å². The third-order valence-electron chi connectivity index (χ3n) is 4.20. The van der Waals surface area contributed by atoms with Crippen LogP contribution in [0.1, 0.15) is 30.0 Å². The number of ether oxygens (including phenoxy) is 2. The molecule has 0 saturated carbocycles. The van der Waals surface area contributed by atoms with Gasteiger partial charge in [-0.3, -0.25) is 9.69 Å². The van der Waals surface area contributed by atoms with Gasteiger partial charge in [0.05, 0.1) is 0 Å². The van der Waals surface area contributed by atoms with Gasteiger partial charge in [-0.1, -0.05) is 0 Å². The number of ketones is 1. The minimum absolute atomic E-state index is 0.254. The zero-order valence-electron chi connectivity index (χ0n) is 10.1. The molecule has 1 aromatic rings. The monoisotopic (exact) mass is 245 g/mol. The van der Waals surface area contributed by atoms with Crippen molar-refractivity contribution in [2.24, 2.45) is 0 Å². The van der Waals surface area contributed by atoms with Gasteiger partial charge in [0.15, 0.2) is 11.5 Å². The van der Waals surface area contributed by atoms with E-state index in [-0.39, 0.29) is 6.04 Å². The first-order valence-corrected chi connectivity index (χ1v) is 6.49. The van der Waals surface area contributed by atoms with Gasteiger partial charge in [-0.15, -0.1) is 0 Å². The average molecular weight is 245 g/mol. The maximum atomic E-state index is 11.7. The molecule has 0 amide bonds. The Kier molecular flexibility index (Phi) is 2.14. The highest BCUT2D eigenvalue weighted by molar-refractivity contribution is 5.80. The van der Waals surface area contributed by atoms with Gasteiger partial charge in [-0.25, -0.2) is 0 Å². The van der Waals surface area contributed by atoms with Crippen molar-refractivity contribution < 1.29 is 14.3 Å². The lowest BCUT2D eigenvalue weighted by atomic mass is 9.86. The van der Waals surface area contributed by atoms with Crippen LogP contribution in [0.4, 0.5) is 0 Å². The van der Waals surface area contributed by atoms with Crippen molar-refractivity contribution in [2.45, 2.75) is 25.3 Å². The average Bonchev–Trinajstić information content (AvgIpc) is 2.83. The zero-order valence-corrected chi connectivity index (χ0v) is 10.1. The zero-order chi connectivity index (χ0) is 12.1. The molecule has 4 heteroatoms. The van der Waals surface area contributed by atoms with Gasteiger partial charge in [0.2, 0.25) is 6.79 Å². The summed E-state index contributed by atoms with van der Waals surface area (Å²) in [7, 11) is 0. The Morgan fingerprint density at radius 3 is 2.78 bits per heavy atom. The Bertz CT molecular complexity index is 526. The van der Waals surface area contributed by atoms with E-state index in [0.29, 0.717) is 25.4 Å². The number of carbonyl (C=O) groups is 1. The predicted octanol–water partition coefficient (Wildman–Crippen LogP) is 1.68. The highest BCUT2D eigenvalue weighted by atomic mass is 16.7. The highest BCUT2D eigenvalue weighted by Crippen LogP contribution is 2.42. The van der Waals surface area contributed by atoms with Crippen molar-refractivity contribution in [3.63, 3.8) is 0 Å². The molecule has 0 unspecified atom stereocenters. The van der Waals surface area contributed by atoms with Crippen molar-refractivity contribution in [2.75, 3.05) is 19.9 Å². The normalized spacial score (nSPS) is 25.8. The van der Waals surface area contributed by atoms with Crippen LogP contribution in [0.3, 0.4) is 0 Å². The number of piperidine rings is 1. The smallest absolute Gasteiger partial charge is 0.231 e. The Labute approximate surface area is 105 Å². The van der Waals surface area contributed by atoms with Gasteiger partial charge in [0.25, 0.3) is 0 Å². The van der Waals surface area contributed by atoms with Gasteiger partial charge in [0.1, 0.15) is 5.78 Å². The summed E-state index contributed by atoms with van der Waals surface area (Å²) in [6, 6.07) is 4.42. The van der Waals surface area contributed by atoms with E-state index in [2.05, 4.69) is 17.0 Å². The lowest BCUT2D eigenvalue weighted by Crippen LogP contribution is -2.41. The molecule has 3 aliphatic rings. The van der Waals surface area contributed by atoms with Crippen LogP contribution in [0.15, 0.2) is 12.1 Å². The highest BCUT2D eigenvalue weighted by Gasteiger charge is 2.34. The van der Waals surface area contributed by atoms with Crippen molar-refractivity contribution in [1.29, 1.82) is 0 Å². The molecule has 4 nitrogen and oxygen atoms in total. The second-order valence-corrected chi connectivity index (χ2v) is 5.20. The molecule has 4 rings (SSSR count). The van der Waals surface area contributed by atoms with Crippen LogP contribution >= 0.6 is 0 Å². The van der Waals surface area contributed by atoms with E-state index in [1.165, 1.54) is 11.1 Å². The van der Waals surface area contributed by atoms with E-state index in [1.807, 2.05) is 0 Å². The summed E-state index contributed by atoms with van der Waals surface area (Å²) in [6.45, 7) is 2.26. The molecule has 0 N–H and O–H groups in total. The summed E-state index contributed by atoms with van der Waals surface area (Å²) < 4.78 is 10.9. The van der Waals surface area contributed by atoms with E-state index in [9.17, 15) is 4.79 Å². The number of fused-ring (bicyclic) bond motifs is 4. The predicted molar refractivity (Wildman–Crippen MR) is 64.8 cm³/mol. The summed E-state index contributed by atoms with van der Waals surface area (Å²) in [5.41, 5.74) is 2.58. The van der Waals surface area contributed by atoms with Crippen molar-refractivity contribution in [3.8, 4) is 11.5 Å². The lowest BCUT2D eigenvalue weighted by Gasteiger charge is -2.39. The molecule has 1 aromatic carbocycles. The molecule has 3 aliphatic heterocycles. The SMILES string of the molecule is O=C1CCN2CCc3cc4c(cc3[C@@H]2C1)OCO4. The van der Waals surface area contributed by atoms with Gasteiger partial charge in [0, 0.05) is 32.0 Å². The van der Waals surface area contributed by atoms with E-state index in [0.717, 1.165) is 31.0 Å². The Hall–Kier alpha value is -1.55. The quantitative estimate of drug-likeness (QED) is 0.697. The molecule has 1 saturated heterocycles. The van der Waals surface area contributed by atoms with Crippen LogP contribution in [0, 0.1) is 0 Å². The fourth-order valence-corrected chi connectivity index (χ4v) is 3.24. The lowest BCUT2D eigenvalue weighted by molar-refractivity contribution is -0.123. The number of Topliss-reactive ketones (excluding diaryl/α,β-unsaturated/α-hetero) is 1. The first-order chi connectivity index (χ1) is 8.81. The molecule has 0 bridgehead atoms. The number of hydrogen-bond donors (Lipinski definition) is 0. The van der Waals surface area contributed by atoms with Crippen molar-refractivity contribution in [1.82, 2.24) is 4.90 Å². The van der Waals surface area contributed by atoms with E-state index >= 15 is 0 Å². The van der Waals surface area contributed by atoms with Crippen LogP contribution in [0.5, 0.6) is 11.5 Å². The first kappa shape index (κ1) is 10.4. The third kappa shape index (κ3) is 1.45. The fourth-order valence-electron chi connectivity index (χ4n) is 3.24. The van der Waals surface area contributed by atoms with E-state index in [4.69, 9.17) is 9.47 Å². The number of carbonyl (C=O) groups excluding carboxylic acids is 1. The molecule has 1 fully saturated rings. The van der Waals surface area contributed by atoms with Gasteiger partial charge in [-0.05, 0) is 29.7 Å². The number of hydrogen-bond acceptors (Lipinski definition) is 4. The Morgan fingerprint density at radius 2 is 1.89 bits per heavy atom. The number of rotatable bonds is 0. The fraction of sp³-hybridized carbons (Fsp3) is 0.500. The standard InChI is InChI=1S/C14H15NO3/c16-10-2-4-15-3-1-9-5-13-14(18-8-17-13)7-11(9)12(15)6-10/h5,7,12H,1-4,6,8H2/t12-/m0/s1. The molecule has 0 aliphatic carbocycles. The summed E-state index contributed by atoms with van der Waals surface area (Å²) in [4.78, 5) is 14.1. The Balaban J connectivity index is 1.79. The molecule has 3 heterocycles. The van der Waals surface area contributed by atoms with Gasteiger partial charge in [-0.2, -0.15) is 0 Å². The minimum Gasteiger partial charge on any atom is -0.454 e. The molecule has 0 radical (unpaired) electrons. The molecular formula is C14H15NO3. The van der Waals surface area contributed by atoms with Crippen LogP contribution in [0.25, 0.3) is 0 Å². The number of nitrogens with zero attached hydrogens (tertiary/aromatic N) is 1. The van der Waals surface area contributed by atoms with Gasteiger partial charge >= 0.3 is 0 Å². The molecule has 1 atom stereocenters. The third-order valence-corrected chi connectivity index (χ3v) is 4.20. The Morgan fingerprint density at radius 1 is 1.11 bits per heavy atom. The minimum atomic E-state index is 0.254. The van der Waals surface area contributed by atoms with Crippen molar-refractivity contribution >= 4 is 5.78 Å². The summed E-state index contributed by atoms with van der Waals surface area (Å²) >= 11 is 0. The van der Waals surface area contributed by atoms with Crippen LogP contribution in [0.2, 0.25) is 0 Å². The van der Waals surface area contributed by atoms with Gasteiger partial charge < -0.3 is 9.47 Å². The molecular weight excluding hydrogens is 230 g/mol. The molecule has 18 heavy (non-hydrogen) atoms. The van der Waals surface area contributed by atoms with Crippen molar-refractivity contribution in [3.05, 3.63) is 23.3 Å². The van der Waals surface area contributed by atoms with Crippen LogP contribution in [-0.2, 0) is 11.2 Å². The maximum absolute atomic E-state index is 11.7. The van der Waals surface area contributed by atoms with E-state index in [1.54, 1.807) is 0 Å². The summed E-state index contributed by atoms with van der Waals surface area (Å²) in [6.07, 6.45) is 2.39. The summed E-state index contributed by atoms with van der Waals surface area (Å²) in [5.74, 6) is 2.06. The second kappa shape index (κ2) is 3.72. The van der Waals surface area contributed by atoms with Crippen LogP contribution in [-0.4, -0.2) is 30.6 Å². The molecule has 0 spiro atoms. The second-order valence-electron chi connectivity index (χ2n) is 5.20. The first-order valence-electron chi connectivity index (χ1n) is 6.49.